The standard InChI is InChI=1S/C36H25N3.C36H24N3.C6H2Cl4O2.C6Cl4O2.CH2Cl2.2Sb.H/c2*1-4-13-28(14-5-1)37-31-19-10-21-33(25-31)38(29-15-6-2-7-16-29)35-23-12-24-36(27-35)39(30-17-8-3-9-18-30)34-22-11-20-32(37)26-34;2*7-1-2(8)4(10)6(12)5(11)3(1)9;2-1-3;;;/h1-25H;1-24H;11-12H;;1H2;;;/q;;;;;;+2;/p-2. The molecule has 1 aliphatic carbocycles. The molecule has 6 aliphatic heterocycles. The number of hydrogen-bond donors (Lipinski definition) is 0. The number of anilines is 18. The number of fused-ring (bicyclic) bond motifs is 3. The van der Waals surface area contributed by atoms with Crippen LogP contribution < -0.4 is 53.0 Å². The molecule has 0 unspecified atom stereocenters. The molecular weight excluding hydrogens is 1770 g/mol. The third kappa shape index (κ3) is 11.9. The Hall–Kier alpha value is -8.38. The summed E-state index contributed by atoms with van der Waals surface area (Å²) in [5.41, 5.74) is 20.1. The summed E-state index contributed by atoms with van der Waals surface area (Å²) >= 11 is 51.0. The summed E-state index contributed by atoms with van der Waals surface area (Å²) in [7, 11) is 0. The number of hydrogen-bond acceptors (Lipinski definition) is 10. The zero-order valence-corrected chi connectivity index (χ0v) is 68.5. The average Bonchev–Trinajstić information content (AvgIpc) is 1.55. The summed E-state index contributed by atoms with van der Waals surface area (Å²) in [5.74, 6) is -1.26. The number of rotatable bonds is 6. The summed E-state index contributed by atoms with van der Waals surface area (Å²) in [5, 5.41) is -0.389. The maximum absolute atomic E-state index is 10.9. The Balaban J connectivity index is 0.000000135. The third-order valence-electron chi connectivity index (χ3n) is 19.0. The van der Waals surface area contributed by atoms with Gasteiger partial charge in [0, 0.05) is 0 Å². The molecule has 7 aliphatic rings. The van der Waals surface area contributed by atoms with Crippen molar-refractivity contribution in [2.24, 2.45) is 0 Å². The van der Waals surface area contributed by atoms with Gasteiger partial charge in [0.15, 0.2) is 0 Å². The Kier molecular flexibility index (Phi) is 19.8. The van der Waals surface area contributed by atoms with E-state index in [1.807, 2.05) is 18.2 Å². The van der Waals surface area contributed by atoms with Gasteiger partial charge in [-0.3, -0.25) is 9.59 Å². The second-order valence-electron chi connectivity index (χ2n) is 24.9. The molecule has 13 aromatic carbocycles. The van der Waals surface area contributed by atoms with Gasteiger partial charge < -0.3 is 0 Å². The molecule has 0 aromatic heterocycles. The minimum atomic E-state index is -5.13. The van der Waals surface area contributed by atoms with Crippen LogP contribution in [-0.4, -0.2) is 56.8 Å². The van der Waals surface area contributed by atoms with Crippen molar-refractivity contribution in [2.75, 3.05) is 34.7 Å². The number of alkyl halides is 2. The molecule has 0 atom stereocenters. The van der Waals surface area contributed by atoms with Crippen LogP contribution in [0.2, 0.25) is 20.1 Å². The molecule has 0 fully saturated rings. The third-order valence-corrected chi connectivity index (χ3v) is 39.8. The van der Waals surface area contributed by atoms with E-state index in [2.05, 4.69) is 308 Å². The van der Waals surface area contributed by atoms with Crippen LogP contribution in [0, 0.1) is 0 Å². The second-order valence-corrected chi connectivity index (χ2v) is 42.0. The first kappa shape index (κ1) is 71.5. The topological polar surface area (TPSA) is 72.0 Å². The minimum absolute atomic E-state index is 0.121. The number of carbonyl (C=O) groups excluding carboxylic acids is 2. The van der Waals surface area contributed by atoms with E-state index in [0.29, 0.717) is 11.5 Å². The molecule has 4 bridgehead atoms. The van der Waals surface area contributed by atoms with Crippen molar-refractivity contribution in [1.82, 2.24) is 0 Å². The van der Waals surface area contributed by atoms with Crippen molar-refractivity contribution in [3.63, 3.8) is 0 Å². The number of carbonyl (C=O) groups is 2. The Labute approximate surface area is 679 Å². The Morgan fingerprint density at radius 3 is 0.748 bits per heavy atom. The molecule has 0 N–H and O–H groups in total. The summed E-state index contributed by atoms with van der Waals surface area (Å²) in [6, 6.07) is 106. The van der Waals surface area contributed by atoms with Crippen LogP contribution in [0.5, 0.6) is 11.5 Å². The van der Waals surface area contributed by atoms with Gasteiger partial charge >= 0.3 is 570 Å². The first-order valence-corrected chi connectivity index (χ1v) is 46.6. The van der Waals surface area contributed by atoms with E-state index < -0.39 is 61.5 Å². The zero-order valence-electron chi connectivity index (χ0n) is 55.5. The van der Waals surface area contributed by atoms with Crippen LogP contribution in [0.3, 0.4) is 0 Å². The van der Waals surface area contributed by atoms with Gasteiger partial charge in [0.25, 0.3) is 0 Å². The maximum atomic E-state index is 10.9. The number of halogens is 10. The van der Waals surface area contributed by atoms with Gasteiger partial charge in [-0.2, -0.15) is 0 Å². The van der Waals surface area contributed by atoms with Crippen LogP contribution in [-0.2, 0) is 9.59 Å². The molecule has 0 saturated carbocycles. The Bertz CT molecular complexity index is 5330. The van der Waals surface area contributed by atoms with Crippen LogP contribution in [0.1, 0.15) is 0 Å². The van der Waals surface area contributed by atoms with E-state index in [4.69, 9.17) is 122 Å². The average molecular weight is 1820 g/mol. The molecule has 526 valence electrons. The number of ketones is 2. The molecule has 10 nitrogen and oxygen atoms in total. The van der Waals surface area contributed by atoms with E-state index >= 15 is 0 Å². The van der Waals surface area contributed by atoms with Gasteiger partial charge in [-0.05, 0) is 0 Å². The second kappa shape index (κ2) is 29.5. The van der Waals surface area contributed by atoms with Crippen molar-refractivity contribution < 1.29 is 15.6 Å². The summed E-state index contributed by atoms with van der Waals surface area (Å²) in [6.45, 7) is 0. The number of allylic oxidation sites excluding steroid dienone is 4. The predicted molar refractivity (Wildman–Crippen MR) is 451 cm³/mol. The van der Waals surface area contributed by atoms with Gasteiger partial charge in [-0.1, -0.05) is 46.4 Å². The van der Waals surface area contributed by atoms with Gasteiger partial charge in [-0.15, -0.1) is 23.2 Å². The first-order valence-electron chi connectivity index (χ1n) is 33.5. The molecule has 107 heavy (non-hydrogen) atoms. The molecule has 20 rings (SSSR count). The van der Waals surface area contributed by atoms with E-state index in [1.165, 1.54) is 51.2 Å². The van der Waals surface area contributed by atoms with Crippen molar-refractivity contribution in [2.45, 2.75) is 0 Å². The van der Waals surface area contributed by atoms with Crippen molar-refractivity contribution >= 4 is 287 Å². The quantitative estimate of drug-likeness (QED) is 0.0401. The summed E-state index contributed by atoms with van der Waals surface area (Å²) in [4.78, 5) is 36.2. The molecule has 0 saturated heterocycles. The summed E-state index contributed by atoms with van der Waals surface area (Å²) in [6.07, 6.45) is 0. The molecule has 0 amide bonds. The number of nitrogens with zero attached hydrogens (tertiary/aromatic N) is 6. The Morgan fingerprint density at radius 1 is 0.262 bits per heavy atom. The van der Waals surface area contributed by atoms with Crippen molar-refractivity contribution in [1.29, 1.82) is 0 Å². The Morgan fingerprint density at radius 2 is 0.477 bits per heavy atom. The fourth-order valence-electron chi connectivity index (χ4n) is 14.9. The van der Waals surface area contributed by atoms with Gasteiger partial charge in [-0.25, -0.2) is 0 Å². The van der Waals surface area contributed by atoms with E-state index in [0.717, 1.165) is 58.2 Å². The van der Waals surface area contributed by atoms with Gasteiger partial charge in [0.2, 0.25) is 11.6 Å². The zero-order chi connectivity index (χ0) is 73.5. The van der Waals surface area contributed by atoms with Crippen molar-refractivity contribution in [3.05, 3.63) is 337 Å². The monoisotopic (exact) mass is 1810 g/mol. The fraction of sp³-hybridized carbons (Fsp3) is 0.0118. The van der Waals surface area contributed by atoms with Crippen LogP contribution in [0.15, 0.2) is 317 Å². The van der Waals surface area contributed by atoms with Gasteiger partial charge in [0.05, 0.1) is 15.4 Å². The van der Waals surface area contributed by atoms with E-state index in [1.54, 1.807) is 10.5 Å². The molecule has 0 radical (unpaired) electrons. The fourth-order valence-corrected chi connectivity index (χ4v) is 36.6. The van der Waals surface area contributed by atoms with Crippen LogP contribution in [0.25, 0.3) is 0 Å². The molecule has 13 aromatic rings. The molecule has 6 heterocycles. The van der Waals surface area contributed by atoms with Gasteiger partial charge in [0.1, 0.15) is 10.1 Å². The molecular formula is C85H52Cl10N6O4Sb2. The summed E-state index contributed by atoms with van der Waals surface area (Å²) < 4.78 is 21.4. The van der Waals surface area contributed by atoms with Crippen LogP contribution in [0.4, 0.5) is 102 Å². The predicted octanol–water partition coefficient (Wildman–Crippen LogP) is 23.6. The van der Waals surface area contributed by atoms with E-state index in [-0.39, 0.29) is 35.5 Å². The normalized spacial score (nSPS) is 15.0. The van der Waals surface area contributed by atoms with Crippen LogP contribution >= 0.6 is 116 Å². The van der Waals surface area contributed by atoms with E-state index in [9.17, 15) is 9.59 Å². The SMILES string of the molecule is ClCCl.Clc1c(Cl)c(Cl)c2c(c1Cl)[O][SbH]1([O]2)[c]2c3cccc2N(c2ccccc2)c2cccc([c]21)N(c1ccccc1)c1cccc(c1)N3c1ccccc1.O=C1C(=O)C(Cl)=C(Cl)C(Cl)=C1Cl.c1ccc(N2c3cccc4[c]3[Sb]3[c]5c2cccc5N(c2ccccc2)c2cccc([c]23)N4c2ccccc2)cc1. The first-order chi connectivity index (χ1) is 52.2. The number of Topliss-reactive ketones (excluding diaryl/α,β-unsaturated/α-hetero) is 2. The van der Waals surface area contributed by atoms with Crippen molar-refractivity contribution in [3.8, 4) is 11.5 Å². The molecule has 22 heteroatoms. The number of para-hydroxylation sites is 6. The molecule has 1 spiro atoms. The number of benzene rings is 13.